The van der Waals surface area contributed by atoms with E-state index in [1.807, 2.05) is 20.8 Å². The molecule has 0 aromatic carbocycles. The van der Waals surface area contributed by atoms with Crippen LogP contribution in [-0.4, -0.2) is 29.1 Å². The zero-order valence-corrected chi connectivity index (χ0v) is 22.2. The van der Waals surface area contributed by atoms with Crippen molar-refractivity contribution in [1.29, 1.82) is 0 Å². The molecular formula is C29H46O4. The first-order chi connectivity index (χ1) is 15.0. The van der Waals surface area contributed by atoms with E-state index >= 15 is 0 Å². The summed E-state index contributed by atoms with van der Waals surface area (Å²) in [5, 5.41) is 12.1. The quantitative estimate of drug-likeness (QED) is 0.296. The Labute approximate surface area is 200 Å². The molecule has 5 aliphatic carbocycles. The van der Waals surface area contributed by atoms with Gasteiger partial charge < -0.3 is 9.84 Å². The lowest BCUT2D eigenvalue weighted by molar-refractivity contribution is -0.172. The minimum Gasteiger partial charge on any atom is -0.465 e. The Morgan fingerprint density at radius 2 is 1.61 bits per heavy atom. The van der Waals surface area contributed by atoms with Crippen LogP contribution in [0.1, 0.15) is 100 Å². The van der Waals surface area contributed by atoms with E-state index in [-0.39, 0.29) is 45.2 Å². The molecule has 0 amide bonds. The van der Waals surface area contributed by atoms with Crippen LogP contribution in [0.2, 0.25) is 0 Å². The summed E-state index contributed by atoms with van der Waals surface area (Å²) in [6, 6.07) is 0. The average molecular weight is 459 g/mol. The second kappa shape index (κ2) is 7.42. The fourth-order valence-electron chi connectivity index (χ4n) is 8.06. The number of ether oxygens (including phenoxy) is 1. The minimum absolute atomic E-state index is 0.0254. The maximum absolute atomic E-state index is 14.5. The first kappa shape index (κ1) is 24.9. The number of esters is 1. The summed E-state index contributed by atoms with van der Waals surface area (Å²) in [6.45, 7) is 17.2. The molecule has 0 aromatic rings. The molecule has 5 aliphatic rings. The van der Waals surface area contributed by atoms with Gasteiger partial charge in [0, 0.05) is 11.3 Å². The van der Waals surface area contributed by atoms with Gasteiger partial charge in [0.25, 0.3) is 0 Å². The maximum Gasteiger partial charge on any atom is 0.311 e. The summed E-state index contributed by atoms with van der Waals surface area (Å²) in [5.74, 6) is 0.305. The first-order valence-corrected chi connectivity index (χ1v) is 13.2. The smallest absolute Gasteiger partial charge is 0.311 e. The van der Waals surface area contributed by atoms with Gasteiger partial charge in [-0.25, -0.2) is 0 Å². The molecule has 186 valence electrons. The molecular weight excluding hydrogens is 412 g/mol. The molecule has 0 spiro atoms. The van der Waals surface area contributed by atoms with Crippen molar-refractivity contribution < 1.29 is 19.4 Å². The minimum atomic E-state index is -1.24. The van der Waals surface area contributed by atoms with Gasteiger partial charge in [-0.05, 0) is 93.8 Å². The molecule has 0 saturated heterocycles. The molecule has 0 aromatic heterocycles. The number of allylic oxidation sites excluding steroid dienone is 2. The molecule has 4 heteroatoms. The molecule has 7 atom stereocenters. The van der Waals surface area contributed by atoms with Crippen molar-refractivity contribution in [2.75, 3.05) is 6.61 Å². The second-order valence-electron chi connectivity index (χ2n) is 14.2. The number of ketones is 1. The largest absolute Gasteiger partial charge is 0.465 e. The fraction of sp³-hybridized carbons (Fsp3) is 0.862. The van der Waals surface area contributed by atoms with Gasteiger partial charge >= 0.3 is 5.97 Å². The van der Waals surface area contributed by atoms with Crippen LogP contribution >= 0.6 is 0 Å². The number of aliphatic hydroxyl groups is 1. The molecule has 4 bridgehead atoms. The molecule has 5 rings (SSSR count). The Kier molecular flexibility index (Phi) is 5.61. The van der Waals surface area contributed by atoms with Crippen molar-refractivity contribution in [2.45, 2.75) is 106 Å². The van der Waals surface area contributed by atoms with E-state index < -0.39 is 11.0 Å². The lowest BCUT2D eigenvalue weighted by atomic mass is 9.45. The third-order valence-electron chi connectivity index (χ3n) is 11.1. The van der Waals surface area contributed by atoms with Crippen LogP contribution < -0.4 is 0 Å². The van der Waals surface area contributed by atoms with Crippen LogP contribution in [0.3, 0.4) is 0 Å². The molecule has 3 saturated carbocycles. The van der Waals surface area contributed by atoms with Crippen molar-refractivity contribution in [3.63, 3.8) is 0 Å². The van der Waals surface area contributed by atoms with Crippen molar-refractivity contribution in [1.82, 2.24) is 0 Å². The predicted octanol–water partition coefficient (Wildman–Crippen LogP) is 6.11. The van der Waals surface area contributed by atoms with Crippen molar-refractivity contribution >= 4 is 11.8 Å². The standard InChI is InChI=1S/C29H46O4/c1-24(2,3)23(31)33-17-9-10-20-21(27(7)15-13-26(20,6)14-16-27)22(30)29(32)18-19-11-12-28(29,8)25(19,4)5/h13,15,19-21,32H,9-12,14,16-18H2,1-8H3/t19-,20-,21+,26-,27+,28-,29+/m1/s1. The van der Waals surface area contributed by atoms with Gasteiger partial charge in [0.2, 0.25) is 0 Å². The van der Waals surface area contributed by atoms with Gasteiger partial charge in [-0.3, -0.25) is 9.59 Å². The zero-order chi connectivity index (χ0) is 24.7. The molecule has 0 heterocycles. The Morgan fingerprint density at radius 3 is 2.09 bits per heavy atom. The van der Waals surface area contributed by atoms with E-state index in [0.717, 1.165) is 38.5 Å². The monoisotopic (exact) mass is 458 g/mol. The number of rotatable bonds is 6. The van der Waals surface area contributed by atoms with E-state index in [4.69, 9.17) is 4.74 Å². The third-order valence-corrected chi connectivity index (χ3v) is 11.1. The lowest BCUT2D eigenvalue weighted by Crippen LogP contribution is -2.61. The van der Waals surface area contributed by atoms with Gasteiger partial charge in [-0.1, -0.05) is 46.8 Å². The molecule has 4 nitrogen and oxygen atoms in total. The van der Waals surface area contributed by atoms with Gasteiger partial charge in [0.15, 0.2) is 5.78 Å². The Balaban J connectivity index is 1.58. The number of Topliss-reactive ketones (excluding diaryl/α,β-unsaturated/α-hetero) is 1. The number of hydrogen-bond acceptors (Lipinski definition) is 4. The zero-order valence-electron chi connectivity index (χ0n) is 22.2. The molecule has 0 aliphatic heterocycles. The van der Waals surface area contributed by atoms with Gasteiger partial charge in [-0.2, -0.15) is 0 Å². The molecule has 0 radical (unpaired) electrons. The van der Waals surface area contributed by atoms with Crippen LogP contribution in [0.25, 0.3) is 0 Å². The van der Waals surface area contributed by atoms with Crippen LogP contribution in [0.4, 0.5) is 0 Å². The van der Waals surface area contributed by atoms with Gasteiger partial charge in [-0.15, -0.1) is 0 Å². The molecule has 1 N–H and O–H groups in total. The summed E-state index contributed by atoms with van der Waals surface area (Å²) in [4.78, 5) is 26.7. The number of fused-ring (bicyclic) bond motifs is 4. The predicted molar refractivity (Wildman–Crippen MR) is 130 cm³/mol. The summed E-state index contributed by atoms with van der Waals surface area (Å²) >= 11 is 0. The van der Waals surface area contributed by atoms with Crippen LogP contribution in [0.15, 0.2) is 12.2 Å². The first-order valence-electron chi connectivity index (χ1n) is 13.2. The van der Waals surface area contributed by atoms with Crippen molar-refractivity contribution in [2.24, 2.45) is 44.8 Å². The van der Waals surface area contributed by atoms with E-state index in [2.05, 4.69) is 46.8 Å². The van der Waals surface area contributed by atoms with Gasteiger partial charge in [0.05, 0.1) is 12.0 Å². The summed E-state index contributed by atoms with van der Waals surface area (Å²) in [6.07, 6.45) is 10.9. The summed E-state index contributed by atoms with van der Waals surface area (Å²) in [5.41, 5.74) is -2.39. The summed E-state index contributed by atoms with van der Waals surface area (Å²) < 4.78 is 5.54. The third kappa shape index (κ3) is 3.40. The number of carbonyl (C=O) groups is 2. The highest BCUT2D eigenvalue weighted by Gasteiger charge is 2.73. The summed E-state index contributed by atoms with van der Waals surface area (Å²) in [7, 11) is 0. The Morgan fingerprint density at radius 1 is 1.00 bits per heavy atom. The van der Waals surface area contributed by atoms with Crippen LogP contribution in [-0.2, 0) is 14.3 Å². The van der Waals surface area contributed by atoms with Crippen molar-refractivity contribution in [3.05, 3.63) is 12.2 Å². The number of carbonyl (C=O) groups excluding carboxylic acids is 2. The highest BCUT2D eigenvalue weighted by molar-refractivity contribution is 5.92. The molecule has 0 unspecified atom stereocenters. The van der Waals surface area contributed by atoms with Crippen molar-refractivity contribution in [3.8, 4) is 0 Å². The molecule has 3 fully saturated rings. The second-order valence-corrected chi connectivity index (χ2v) is 14.2. The normalized spacial score (nSPS) is 45.4. The lowest BCUT2D eigenvalue weighted by Gasteiger charge is -2.58. The Hall–Kier alpha value is -1.16. The van der Waals surface area contributed by atoms with Crippen LogP contribution in [0.5, 0.6) is 0 Å². The Bertz CT molecular complexity index is 865. The van der Waals surface area contributed by atoms with Gasteiger partial charge in [0.1, 0.15) is 5.60 Å². The maximum atomic E-state index is 14.5. The van der Waals surface area contributed by atoms with E-state index in [0.29, 0.717) is 18.9 Å². The van der Waals surface area contributed by atoms with E-state index in [1.165, 1.54) is 0 Å². The van der Waals surface area contributed by atoms with E-state index in [9.17, 15) is 14.7 Å². The van der Waals surface area contributed by atoms with E-state index in [1.54, 1.807) is 0 Å². The topological polar surface area (TPSA) is 63.6 Å². The number of hydrogen-bond donors (Lipinski definition) is 1. The highest BCUT2D eigenvalue weighted by atomic mass is 16.5. The fourth-order valence-corrected chi connectivity index (χ4v) is 8.06. The van der Waals surface area contributed by atoms with Crippen LogP contribution in [0, 0.1) is 44.8 Å². The molecule has 33 heavy (non-hydrogen) atoms. The highest BCUT2D eigenvalue weighted by Crippen LogP contribution is 2.71. The SMILES string of the molecule is CC(C)(C)C(=O)OCCC[C@@H]1[C@@H](C(=O)[C@@]2(O)C[C@H]3CC[C@]2(C)C3(C)C)[C@@]2(C)C=C[C@]1(C)CC2. The average Bonchev–Trinajstić information content (AvgIpc) is 3.03.